The summed E-state index contributed by atoms with van der Waals surface area (Å²) in [7, 11) is 0. The van der Waals surface area contributed by atoms with Crippen molar-refractivity contribution in [3.63, 3.8) is 0 Å². The van der Waals surface area contributed by atoms with E-state index >= 15 is 0 Å². The van der Waals surface area contributed by atoms with Gasteiger partial charge >= 0.3 is 6.09 Å². The molecule has 3 atom stereocenters. The Morgan fingerprint density at radius 3 is 2.52 bits per heavy atom. The fourth-order valence-electron chi connectivity index (χ4n) is 6.63. The lowest BCUT2D eigenvalue weighted by atomic mass is 9.92. The third-order valence-corrected chi connectivity index (χ3v) is 10.0. The quantitative estimate of drug-likeness (QED) is 0.133. The van der Waals surface area contributed by atoms with Crippen LogP contribution in [0.1, 0.15) is 47.3 Å². The fourth-order valence-corrected chi connectivity index (χ4v) is 7.21. The number of amides is 1. The summed E-state index contributed by atoms with van der Waals surface area (Å²) >= 11 is 19.1. The van der Waals surface area contributed by atoms with E-state index in [0.29, 0.717) is 69.5 Å². The predicted molar refractivity (Wildman–Crippen MR) is 200 cm³/mol. The molecule has 262 valence electrons. The highest BCUT2D eigenvalue weighted by molar-refractivity contribution is 6.36. The van der Waals surface area contributed by atoms with Crippen LogP contribution in [0.5, 0.6) is 0 Å². The van der Waals surface area contributed by atoms with E-state index in [-0.39, 0.29) is 22.7 Å². The molecule has 3 N–H and O–H groups in total. The second-order valence-corrected chi connectivity index (χ2v) is 13.8. The van der Waals surface area contributed by atoms with Crippen molar-refractivity contribution in [3.8, 4) is 6.07 Å². The number of pyridine rings is 1. The molecule has 3 unspecified atom stereocenters. The number of piperidine rings is 1. The van der Waals surface area contributed by atoms with Gasteiger partial charge in [0, 0.05) is 40.6 Å². The molecule has 0 bridgehead atoms. The van der Waals surface area contributed by atoms with Gasteiger partial charge in [-0.15, -0.1) is 5.10 Å². The van der Waals surface area contributed by atoms with Gasteiger partial charge in [-0.05, 0) is 72.9 Å². The van der Waals surface area contributed by atoms with Crippen LogP contribution >= 0.6 is 34.8 Å². The van der Waals surface area contributed by atoms with Gasteiger partial charge in [0.2, 0.25) is 0 Å². The van der Waals surface area contributed by atoms with Crippen molar-refractivity contribution < 1.29 is 14.3 Å². The predicted octanol–water partition coefficient (Wildman–Crippen LogP) is 9.67. The van der Waals surface area contributed by atoms with Crippen molar-refractivity contribution in [1.29, 1.82) is 5.26 Å². The highest BCUT2D eigenvalue weighted by Gasteiger charge is 2.33. The van der Waals surface area contributed by atoms with E-state index in [1.165, 1.54) is 29.3 Å². The first-order chi connectivity index (χ1) is 25.2. The van der Waals surface area contributed by atoms with Crippen molar-refractivity contribution in [3.05, 3.63) is 141 Å². The van der Waals surface area contributed by atoms with Crippen LogP contribution in [0.15, 0.2) is 97.3 Å². The molecule has 0 aliphatic carbocycles. The van der Waals surface area contributed by atoms with Crippen LogP contribution in [0.3, 0.4) is 0 Å². The molecule has 0 saturated carbocycles. The lowest BCUT2D eigenvalue weighted by Gasteiger charge is -2.37. The number of carbonyl (C=O) groups is 1. The summed E-state index contributed by atoms with van der Waals surface area (Å²) in [5, 5.41) is 37.2. The Hall–Kier alpha value is -5.41. The second kappa shape index (κ2) is 15.1. The summed E-state index contributed by atoms with van der Waals surface area (Å²) in [5.74, 6) is -0.565. The number of hydrogen-bond acceptors (Lipinski definition) is 7. The van der Waals surface area contributed by atoms with Crippen LogP contribution in [-0.2, 0) is 6.42 Å². The second-order valence-electron chi connectivity index (χ2n) is 12.5. The van der Waals surface area contributed by atoms with Crippen LogP contribution in [-0.4, -0.2) is 48.7 Å². The minimum absolute atomic E-state index is 0.0692. The number of hydrogen-bond donors (Lipinski definition) is 3. The summed E-state index contributed by atoms with van der Waals surface area (Å²) < 4.78 is 15.7. The first-order valence-corrected chi connectivity index (χ1v) is 17.5. The summed E-state index contributed by atoms with van der Waals surface area (Å²) in [6.45, 7) is 0.375. The maximum atomic E-state index is 13.9. The lowest BCUT2D eigenvalue weighted by molar-refractivity contribution is 0.0887. The molecule has 1 fully saturated rings. The van der Waals surface area contributed by atoms with E-state index in [2.05, 4.69) is 32.0 Å². The normalized spacial score (nSPS) is 16.3. The van der Waals surface area contributed by atoms with Gasteiger partial charge in [-0.3, -0.25) is 4.98 Å². The molecule has 52 heavy (non-hydrogen) atoms. The van der Waals surface area contributed by atoms with Crippen molar-refractivity contribution in [2.75, 3.05) is 17.2 Å². The Morgan fingerprint density at radius 2 is 1.79 bits per heavy atom. The third-order valence-electron chi connectivity index (χ3n) is 9.19. The standard InChI is InChI=1S/C38H30Cl3FN8O2/c39-25-8-6-23(7-9-25)36(34-21-50(48-47-34)28-12-13-49(38(51)52)29(18-28)14-22-4-2-1-3-5-22)46-27-15-30-35(45-26-10-11-33(42)31(40)16-26)24(19-43)20-44-37(30)32(41)17-27/h1-11,15-17,20-21,28-29,36,46H,12-14,18H2,(H,44,45)(H,51,52). The maximum absolute atomic E-state index is 13.9. The van der Waals surface area contributed by atoms with Crippen LogP contribution < -0.4 is 10.6 Å². The average Bonchev–Trinajstić information content (AvgIpc) is 3.63. The zero-order valence-electron chi connectivity index (χ0n) is 27.3. The van der Waals surface area contributed by atoms with Crippen LogP contribution in [0.4, 0.5) is 26.2 Å². The van der Waals surface area contributed by atoms with Crippen LogP contribution in [0.25, 0.3) is 10.9 Å². The molecule has 1 aliphatic heterocycles. The third kappa shape index (κ3) is 7.46. The first kappa shape index (κ1) is 35.0. The topological polar surface area (TPSA) is 132 Å². The lowest BCUT2D eigenvalue weighted by Crippen LogP contribution is -2.47. The molecule has 0 spiro atoms. The molecule has 1 saturated heterocycles. The molecule has 6 aromatic rings. The number of rotatable bonds is 9. The van der Waals surface area contributed by atoms with Gasteiger partial charge in [-0.2, -0.15) is 5.26 Å². The molecule has 4 aromatic carbocycles. The van der Waals surface area contributed by atoms with Gasteiger partial charge < -0.3 is 20.6 Å². The number of fused-ring (bicyclic) bond motifs is 1. The molecule has 2 aromatic heterocycles. The summed E-state index contributed by atoms with van der Waals surface area (Å²) in [6.07, 6.45) is 4.13. The molecular formula is C38H30Cl3FN8O2. The van der Waals surface area contributed by atoms with Crippen LogP contribution in [0.2, 0.25) is 15.1 Å². The summed E-state index contributed by atoms with van der Waals surface area (Å²) in [4.78, 5) is 18.1. The minimum atomic E-state index is -0.934. The van der Waals surface area contributed by atoms with Crippen molar-refractivity contribution >= 4 is 68.9 Å². The number of likely N-dealkylation sites (tertiary alicyclic amines) is 1. The highest BCUT2D eigenvalue weighted by Crippen LogP contribution is 2.38. The Kier molecular flexibility index (Phi) is 10.1. The molecule has 3 heterocycles. The largest absolute Gasteiger partial charge is 0.465 e. The van der Waals surface area contributed by atoms with E-state index in [1.54, 1.807) is 18.2 Å². The smallest absolute Gasteiger partial charge is 0.407 e. The zero-order chi connectivity index (χ0) is 36.4. The Morgan fingerprint density at radius 1 is 1.02 bits per heavy atom. The van der Waals surface area contributed by atoms with E-state index < -0.39 is 18.0 Å². The van der Waals surface area contributed by atoms with Crippen molar-refractivity contribution in [2.24, 2.45) is 0 Å². The maximum Gasteiger partial charge on any atom is 0.407 e. The monoisotopic (exact) mass is 754 g/mol. The molecule has 7 rings (SSSR count). The molecule has 0 radical (unpaired) electrons. The minimum Gasteiger partial charge on any atom is -0.465 e. The number of nitrogens with one attached hydrogen (secondary N) is 2. The fraction of sp³-hybridized carbons (Fsp3) is 0.184. The molecule has 1 aliphatic rings. The van der Waals surface area contributed by atoms with Gasteiger partial charge in [0.05, 0.1) is 45.1 Å². The Labute approximate surface area is 313 Å². The molecule has 1 amide bonds. The number of benzene rings is 4. The number of halogens is 4. The van der Waals surface area contributed by atoms with E-state index in [9.17, 15) is 19.6 Å². The number of nitrogens with zero attached hydrogens (tertiary/aromatic N) is 6. The SMILES string of the molecule is N#Cc1cnc2c(Cl)cc(NC(c3ccc(Cl)cc3)c3cn(C4CCN(C(=O)O)C(Cc5ccccc5)C4)nn3)cc2c1Nc1ccc(F)c(Cl)c1. The van der Waals surface area contributed by atoms with Gasteiger partial charge in [0.25, 0.3) is 0 Å². The average molecular weight is 756 g/mol. The Bertz CT molecular complexity index is 2300. The first-order valence-electron chi connectivity index (χ1n) is 16.4. The van der Waals surface area contributed by atoms with Gasteiger partial charge in [0.1, 0.15) is 17.6 Å². The molecule has 14 heteroatoms. The number of aromatic nitrogens is 4. The van der Waals surface area contributed by atoms with Gasteiger partial charge in [0.15, 0.2) is 0 Å². The number of carboxylic acid groups (broad SMARTS) is 1. The number of anilines is 3. The van der Waals surface area contributed by atoms with E-state index in [4.69, 9.17) is 34.8 Å². The highest BCUT2D eigenvalue weighted by atomic mass is 35.5. The Balaban J connectivity index is 1.22. The van der Waals surface area contributed by atoms with Crippen molar-refractivity contribution in [2.45, 2.75) is 37.4 Å². The summed E-state index contributed by atoms with van der Waals surface area (Å²) in [5.41, 5.74) is 4.72. The molecule has 10 nitrogen and oxygen atoms in total. The van der Waals surface area contributed by atoms with E-state index in [0.717, 1.165) is 11.1 Å². The van der Waals surface area contributed by atoms with Gasteiger partial charge in [-0.25, -0.2) is 13.9 Å². The van der Waals surface area contributed by atoms with E-state index in [1.807, 2.05) is 59.4 Å². The van der Waals surface area contributed by atoms with Crippen molar-refractivity contribution in [1.82, 2.24) is 24.9 Å². The summed E-state index contributed by atoms with van der Waals surface area (Å²) in [6, 6.07) is 26.3. The zero-order valence-corrected chi connectivity index (χ0v) is 29.6. The van der Waals surface area contributed by atoms with Crippen LogP contribution in [0, 0.1) is 17.1 Å². The molecular weight excluding hydrogens is 726 g/mol. The number of nitriles is 1. The van der Waals surface area contributed by atoms with Gasteiger partial charge in [-0.1, -0.05) is 82.5 Å².